The molecule has 2 unspecified atom stereocenters. The maximum atomic E-state index is 12.6. The first-order valence-corrected chi connectivity index (χ1v) is 9.13. The molecule has 0 aliphatic carbocycles. The van der Waals surface area contributed by atoms with Gasteiger partial charge in [0, 0.05) is 11.6 Å². The molecule has 1 aliphatic rings. The van der Waals surface area contributed by atoms with Crippen molar-refractivity contribution < 1.29 is 14.3 Å². The van der Waals surface area contributed by atoms with Crippen molar-refractivity contribution in [1.29, 1.82) is 0 Å². The van der Waals surface area contributed by atoms with Crippen LogP contribution in [0.1, 0.15) is 75.7 Å². The molecule has 0 spiro atoms. The Hall–Kier alpha value is -1.55. The normalized spacial score (nSPS) is 24.0. The molecule has 2 rings (SSSR count). The molecule has 0 bridgehead atoms. The summed E-state index contributed by atoms with van der Waals surface area (Å²) >= 11 is 0. The van der Waals surface area contributed by atoms with Gasteiger partial charge in [0.1, 0.15) is 5.75 Å². The molecule has 1 aromatic carbocycles. The lowest BCUT2D eigenvalue weighted by Gasteiger charge is -2.32. The van der Waals surface area contributed by atoms with E-state index in [0.29, 0.717) is 18.1 Å². The Balaban J connectivity index is 2.10. The zero-order valence-electron chi connectivity index (χ0n) is 15.6. The quantitative estimate of drug-likeness (QED) is 0.845. The van der Waals surface area contributed by atoms with Crippen LogP contribution in [0.4, 0.5) is 0 Å². The molecule has 1 N–H and O–H groups in total. The molecule has 24 heavy (non-hydrogen) atoms. The molecule has 4 heteroatoms. The molecule has 1 heterocycles. The lowest BCUT2D eigenvalue weighted by atomic mass is 9.97. The summed E-state index contributed by atoms with van der Waals surface area (Å²) in [5.74, 6) is 1.19. The van der Waals surface area contributed by atoms with Crippen LogP contribution < -0.4 is 10.1 Å². The van der Waals surface area contributed by atoms with Gasteiger partial charge in [-0.1, -0.05) is 20.8 Å². The minimum Gasteiger partial charge on any atom is -0.493 e. The van der Waals surface area contributed by atoms with Crippen molar-refractivity contribution in [2.75, 3.05) is 6.61 Å². The Morgan fingerprint density at radius 3 is 2.54 bits per heavy atom. The average molecular weight is 333 g/mol. The summed E-state index contributed by atoms with van der Waals surface area (Å²) in [5.41, 5.74) is 1.79. The molecule has 1 fully saturated rings. The third kappa shape index (κ3) is 4.97. The summed E-state index contributed by atoms with van der Waals surface area (Å²) in [5, 5.41) is 3.17. The van der Waals surface area contributed by atoms with Crippen LogP contribution in [-0.2, 0) is 4.74 Å². The Bertz CT molecular complexity index is 546. The minimum absolute atomic E-state index is 0.00904. The third-order valence-corrected chi connectivity index (χ3v) is 4.39. The van der Waals surface area contributed by atoms with Crippen LogP contribution in [0.15, 0.2) is 18.2 Å². The fraction of sp³-hybridized carbons (Fsp3) is 0.650. The first-order valence-electron chi connectivity index (χ1n) is 9.13. The molecule has 0 saturated carbocycles. The van der Waals surface area contributed by atoms with Crippen molar-refractivity contribution in [3.05, 3.63) is 29.3 Å². The highest BCUT2D eigenvalue weighted by Crippen LogP contribution is 2.28. The molecule has 2 atom stereocenters. The fourth-order valence-corrected chi connectivity index (χ4v) is 3.28. The third-order valence-electron chi connectivity index (χ3n) is 4.39. The summed E-state index contributed by atoms with van der Waals surface area (Å²) < 4.78 is 11.6. The van der Waals surface area contributed by atoms with Gasteiger partial charge in [-0.15, -0.1) is 0 Å². The molecule has 0 radical (unpaired) electrons. The van der Waals surface area contributed by atoms with Gasteiger partial charge in [0.25, 0.3) is 5.91 Å². The highest BCUT2D eigenvalue weighted by atomic mass is 16.5. The summed E-state index contributed by atoms with van der Waals surface area (Å²) in [4.78, 5) is 12.6. The van der Waals surface area contributed by atoms with E-state index in [1.54, 1.807) is 0 Å². The summed E-state index contributed by atoms with van der Waals surface area (Å²) in [6.07, 6.45) is 3.08. The molecule has 1 amide bonds. The molecule has 1 saturated heterocycles. The maximum absolute atomic E-state index is 12.6. The Labute approximate surface area is 145 Å². The van der Waals surface area contributed by atoms with Crippen LogP contribution in [-0.4, -0.2) is 30.8 Å². The highest BCUT2D eigenvalue weighted by molar-refractivity contribution is 5.94. The van der Waals surface area contributed by atoms with E-state index in [2.05, 4.69) is 39.9 Å². The Morgan fingerprint density at radius 2 is 1.96 bits per heavy atom. The van der Waals surface area contributed by atoms with Crippen molar-refractivity contribution in [1.82, 2.24) is 5.32 Å². The lowest BCUT2D eigenvalue weighted by molar-refractivity contribution is -0.0408. The number of amides is 1. The zero-order valence-corrected chi connectivity index (χ0v) is 15.6. The number of carbonyl (C=O) groups is 1. The fourth-order valence-electron chi connectivity index (χ4n) is 3.28. The van der Waals surface area contributed by atoms with Crippen LogP contribution in [0.2, 0.25) is 0 Å². The smallest absolute Gasteiger partial charge is 0.251 e. The van der Waals surface area contributed by atoms with Crippen molar-refractivity contribution in [3.8, 4) is 5.75 Å². The second-order valence-corrected chi connectivity index (χ2v) is 7.15. The summed E-state index contributed by atoms with van der Waals surface area (Å²) in [6.45, 7) is 11.2. The molecule has 134 valence electrons. The number of rotatable bonds is 6. The number of ether oxygens (including phenoxy) is 2. The largest absolute Gasteiger partial charge is 0.493 e. The van der Waals surface area contributed by atoms with Gasteiger partial charge in [0.2, 0.25) is 0 Å². The first-order chi connectivity index (χ1) is 11.4. The van der Waals surface area contributed by atoms with Crippen LogP contribution in [0.3, 0.4) is 0 Å². The molecule has 1 aromatic rings. The van der Waals surface area contributed by atoms with Gasteiger partial charge >= 0.3 is 0 Å². The first kappa shape index (κ1) is 18.8. The second-order valence-electron chi connectivity index (χ2n) is 7.15. The molecular formula is C20H31NO3. The minimum atomic E-state index is -0.00904. The van der Waals surface area contributed by atoms with Crippen molar-refractivity contribution in [2.45, 2.75) is 78.0 Å². The van der Waals surface area contributed by atoms with E-state index in [0.717, 1.165) is 30.6 Å². The van der Waals surface area contributed by atoms with Gasteiger partial charge in [-0.05, 0) is 62.8 Å². The molecule has 0 aromatic heterocycles. The topological polar surface area (TPSA) is 47.6 Å². The maximum Gasteiger partial charge on any atom is 0.251 e. The predicted molar refractivity (Wildman–Crippen MR) is 96.8 cm³/mol. The van der Waals surface area contributed by atoms with Gasteiger partial charge in [-0.25, -0.2) is 0 Å². The van der Waals surface area contributed by atoms with Gasteiger partial charge in [-0.2, -0.15) is 0 Å². The van der Waals surface area contributed by atoms with E-state index in [4.69, 9.17) is 9.47 Å². The molecule has 1 aliphatic heterocycles. The van der Waals surface area contributed by atoms with Gasteiger partial charge in [0.05, 0.1) is 18.8 Å². The van der Waals surface area contributed by atoms with E-state index in [1.165, 1.54) is 0 Å². The number of hydrogen-bond acceptors (Lipinski definition) is 3. The van der Waals surface area contributed by atoms with Gasteiger partial charge < -0.3 is 14.8 Å². The van der Waals surface area contributed by atoms with E-state index < -0.39 is 0 Å². The van der Waals surface area contributed by atoms with E-state index in [9.17, 15) is 4.79 Å². The zero-order chi connectivity index (χ0) is 17.7. The Kier molecular flexibility index (Phi) is 6.67. The van der Waals surface area contributed by atoms with Crippen LogP contribution in [0.5, 0.6) is 5.75 Å². The Morgan fingerprint density at radius 1 is 1.29 bits per heavy atom. The van der Waals surface area contributed by atoms with Crippen LogP contribution >= 0.6 is 0 Å². The predicted octanol–water partition coefficient (Wildman–Crippen LogP) is 4.28. The standard InChI is InChI=1S/C20H31NO3/c1-6-9-23-19-8-7-16(12-18(19)13(2)3)20(22)21-17-10-14(4)24-15(5)11-17/h7-8,12-15,17H,6,9-11H2,1-5H3,(H,21,22). The van der Waals surface area contributed by atoms with Crippen LogP contribution in [0, 0.1) is 0 Å². The van der Waals surface area contributed by atoms with E-state index in [1.807, 2.05) is 18.2 Å². The van der Waals surface area contributed by atoms with E-state index >= 15 is 0 Å². The van der Waals surface area contributed by atoms with Gasteiger partial charge in [0.15, 0.2) is 0 Å². The van der Waals surface area contributed by atoms with E-state index in [-0.39, 0.29) is 24.2 Å². The molecule has 4 nitrogen and oxygen atoms in total. The highest BCUT2D eigenvalue weighted by Gasteiger charge is 2.26. The lowest BCUT2D eigenvalue weighted by Crippen LogP contribution is -2.43. The summed E-state index contributed by atoms with van der Waals surface area (Å²) in [7, 11) is 0. The number of benzene rings is 1. The second kappa shape index (κ2) is 8.52. The SMILES string of the molecule is CCCOc1ccc(C(=O)NC2CC(C)OC(C)C2)cc1C(C)C. The van der Waals surface area contributed by atoms with Crippen LogP contribution in [0.25, 0.3) is 0 Å². The van der Waals surface area contributed by atoms with Crippen molar-refractivity contribution in [2.24, 2.45) is 0 Å². The monoisotopic (exact) mass is 333 g/mol. The van der Waals surface area contributed by atoms with Crippen molar-refractivity contribution >= 4 is 5.91 Å². The van der Waals surface area contributed by atoms with Crippen molar-refractivity contribution in [3.63, 3.8) is 0 Å². The number of hydrogen-bond donors (Lipinski definition) is 1. The average Bonchev–Trinajstić information content (AvgIpc) is 2.51. The number of carbonyl (C=O) groups excluding carboxylic acids is 1. The summed E-state index contributed by atoms with van der Waals surface area (Å²) in [6, 6.07) is 5.93. The van der Waals surface area contributed by atoms with Gasteiger partial charge in [-0.3, -0.25) is 4.79 Å². The number of nitrogens with one attached hydrogen (secondary N) is 1. The molecular weight excluding hydrogens is 302 g/mol.